The Morgan fingerprint density at radius 1 is 1.21 bits per heavy atom. The van der Waals surface area contributed by atoms with Gasteiger partial charge in [0.05, 0.1) is 17.7 Å². The van der Waals surface area contributed by atoms with Crippen LogP contribution in [0.5, 0.6) is 5.75 Å². The Kier molecular flexibility index (Phi) is 8.82. The first kappa shape index (κ1) is 16.4. The molecule has 19 heavy (non-hydrogen) atoms. The standard InChI is InChI=1S/C14H22BrNO3/c1-18-9-10-19-8-3-2-7-16-11-12-5-4-6-13(15)14(12)17/h4-6,16-17H,2-3,7-11H2,1H3. The molecule has 108 valence electrons. The van der Waals surface area contributed by atoms with Gasteiger partial charge in [0, 0.05) is 25.8 Å². The molecule has 1 aromatic carbocycles. The monoisotopic (exact) mass is 331 g/mol. The lowest BCUT2D eigenvalue weighted by Gasteiger charge is -2.08. The zero-order chi connectivity index (χ0) is 13.9. The fraction of sp³-hybridized carbons (Fsp3) is 0.571. The Hall–Kier alpha value is -0.620. The second kappa shape index (κ2) is 10.2. The van der Waals surface area contributed by atoms with Gasteiger partial charge in [0.25, 0.3) is 0 Å². The van der Waals surface area contributed by atoms with Crippen molar-refractivity contribution < 1.29 is 14.6 Å². The van der Waals surface area contributed by atoms with Gasteiger partial charge in [-0.1, -0.05) is 12.1 Å². The second-order valence-corrected chi connectivity index (χ2v) is 5.09. The molecule has 0 radical (unpaired) electrons. The Labute approximate surface area is 123 Å². The summed E-state index contributed by atoms with van der Waals surface area (Å²) in [4.78, 5) is 0. The lowest BCUT2D eigenvalue weighted by Crippen LogP contribution is -2.15. The minimum Gasteiger partial charge on any atom is -0.506 e. The van der Waals surface area contributed by atoms with Crippen molar-refractivity contribution in [2.45, 2.75) is 19.4 Å². The number of halogens is 1. The highest BCUT2D eigenvalue weighted by molar-refractivity contribution is 9.10. The van der Waals surface area contributed by atoms with Crippen LogP contribution in [0.2, 0.25) is 0 Å². The quantitative estimate of drug-likeness (QED) is 0.647. The topological polar surface area (TPSA) is 50.7 Å². The number of phenolic OH excluding ortho intramolecular Hbond substituents is 1. The van der Waals surface area contributed by atoms with Gasteiger partial charge < -0.3 is 19.9 Å². The van der Waals surface area contributed by atoms with Crippen LogP contribution in [0.15, 0.2) is 22.7 Å². The molecule has 0 heterocycles. The maximum Gasteiger partial charge on any atom is 0.134 e. The van der Waals surface area contributed by atoms with Crippen LogP contribution in [0.25, 0.3) is 0 Å². The number of hydrogen-bond donors (Lipinski definition) is 2. The fourth-order valence-electron chi connectivity index (χ4n) is 1.62. The molecule has 0 fully saturated rings. The minimum atomic E-state index is 0.317. The molecular weight excluding hydrogens is 310 g/mol. The third-order valence-electron chi connectivity index (χ3n) is 2.71. The van der Waals surface area contributed by atoms with Gasteiger partial charge in [0.1, 0.15) is 5.75 Å². The average Bonchev–Trinajstić information content (AvgIpc) is 2.41. The highest BCUT2D eigenvalue weighted by Crippen LogP contribution is 2.27. The summed E-state index contributed by atoms with van der Waals surface area (Å²) in [5, 5.41) is 13.1. The molecule has 0 amide bonds. The van der Waals surface area contributed by atoms with E-state index in [9.17, 15) is 5.11 Å². The number of nitrogens with one attached hydrogen (secondary N) is 1. The van der Waals surface area contributed by atoms with Crippen molar-refractivity contribution in [2.75, 3.05) is 33.5 Å². The van der Waals surface area contributed by atoms with E-state index < -0.39 is 0 Å². The van der Waals surface area contributed by atoms with Gasteiger partial charge in [-0.2, -0.15) is 0 Å². The molecule has 0 aliphatic heterocycles. The molecule has 1 rings (SSSR count). The summed E-state index contributed by atoms with van der Waals surface area (Å²) in [5.41, 5.74) is 0.908. The molecule has 0 saturated carbocycles. The van der Waals surface area contributed by atoms with Crippen molar-refractivity contribution in [2.24, 2.45) is 0 Å². The summed E-state index contributed by atoms with van der Waals surface area (Å²) in [5.74, 6) is 0.317. The van der Waals surface area contributed by atoms with E-state index in [4.69, 9.17) is 9.47 Å². The Morgan fingerprint density at radius 2 is 2.05 bits per heavy atom. The highest BCUT2D eigenvalue weighted by Gasteiger charge is 2.03. The molecular formula is C14H22BrNO3. The third-order valence-corrected chi connectivity index (χ3v) is 3.35. The number of phenols is 1. The van der Waals surface area contributed by atoms with Gasteiger partial charge in [-0.3, -0.25) is 0 Å². The van der Waals surface area contributed by atoms with E-state index in [0.29, 0.717) is 25.5 Å². The van der Waals surface area contributed by atoms with E-state index in [1.54, 1.807) is 7.11 Å². The van der Waals surface area contributed by atoms with Gasteiger partial charge in [0.2, 0.25) is 0 Å². The predicted octanol–water partition coefficient (Wildman–Crippen LogP) is 2.69. The number of rotatable bonds is 10. The number of unbranched alkanes of at least 4 members (excludes halogenated alkanes) is 1. The first-order valence-corrected chi connectivity index (χ1v) is 7.28. The zero-order valence-electron chi connectivity index (χ0n) is 11.3. The highest BCUT2D eigenvalue weighted by atomic mass is 79.9. The van der Waals surface area contributed by atoms with E-state index in [0.717, 1.165) is 36.0 Å². The van der Waals surface area contributed by atoms with Gasteiger partial charge >= 0.3 is 0 Å². The summed E-state index contributed by atoms with van der Waals surface area (Å²) in [7, 11) is 1.67. The summed E-state index contributed by atoms with van der Waals surface area (Å²) < 4.78 is 11.0. The molecule has 0 aliphatic rings. The first-order valence-electron chi connectivity index (χ1n) is 6.49. The van der Waals surface area contributed by atoms with Crippen molar-refractivity contribution in [1.29, 1.82) is 0 Å². The Balaban J connectivity index is 2.03. The van der Waals surface area contributed by atoms with Crippen LogP contribution < -0.4 is 5.32 Å². The summed E-state index contributed by atoms with van der Waals surface area (Å²) in [6, 6.07) is 5.67. The molecule has 0 aliphatic carbocycles. The van der Waals surface area contributed by atoms with Crippen LogP contribution in [-0.2, 0) is 16.0 Å². The van der Waals surface area contributed by atoms with E-state index >= 15 is 0 Å². The number of aromatic hydroxyl groups is 1. The minimum absolute atomic E-state index is 0.317. The Morgan fingerprint density at radius 3 is 2.84 bits per heavy atom. The van der Waals surface area contributed by atoms with Crippen molar-refractivity contribution in [3.8, 4) is 5.75 Å². The summed E-state index contributed by atoms with van der Waals surface area (Å²) >= 11 is 3.31. The average molecular weight is 332 g/mol. The lowest BCUT2D eigenvalue weighted by atomic mass is 10.2. The van der Waals surface area contributed by atoms with Crippen molar-refractivity contribution in [3.05, 3.63) is 28.2 Å². The Bertz CT molecular complexity index is 361. The molecule has 0 aromatic heterocycles. The molecule has 0 bridgehead atoms. The van der Waals surface area contributed by atoms with Crippen molar-refractivity contribution in [3.63, 3.8) is 0 Å². The molecule has 2 N–H and O–H groups in total. The van der Waals surface area contributed by atoms with Crippen molar-refractivity contribution >= 4 is 15.9 Å². The van der Waals surface area contributed by atoms with Crippen LogP contribution in [0.1, 0.15) is 18.4 Å². The molecule has 5 heteroatoms. The number of hydrogen-bond acceptors (Lipinski definition) is 4. The van der Waals surface area contributed by atoms with Crippen molar-refractivity contribution in [1.82, 2.24) is 5.32 Å². The number of ether oxygens (including phenoxy) is 2. The SMILES string of the molecule is COCCOCCCCNCc1cccc(Br)c1O. The summed E-state index contributed by atoms with van der Waals surface area (Å²) in [6.45, 7) is 3.68. The predicted molar refractivity (Wildman–Crippen MR) is 79.4 cm³/mol. The van der Waals surface area contributed by atoms with E-state index in [1.165, 1.54) is 0 Å². The molecule has 0 saturated heterocycles. The fourth-order valence-corrected chi connectivity index (χ4v) is 2.03. The van der Waals surface area contributed by atoms with Crippen LogP contribution in [-0.4, -0.2) is 38.6 Å². The van der Waals surface area contributed by atoms with Gasteiger partial charge in [0.15, 0.2) is 0 Å². The number of para-hydroxylation sites is 1. The molecule has 4 nitrogen and oxygen atoms in total. The van der Waals surface area contributed by atoms with E-state index in [1.807, 2.05) is 18.2 Å². The summed E-state index contributed by atoms with van der Waals surface area (Å²) in [6.07, 6.45) is 2.09. The van der Waals surface area contributed by atoms with Crippen LogP contribution in [0, 0.1) is 0 Å². The number of methoxy groups -OCH3 is 1. The molecule has 0 spiro atoms. The van der Waals surface area contributed by atoms with Gasteiger partial charge in [-0.05, 0) is 41.4 Å². The molecule has 0 atom stereocenters. The van der Waals surface area contributed by atoms with Crippen LogP contribution in [0.4, 0.5) is 0 Å². The normalized spacial score (nSPS) is 10.8. The smallest absolute Gasteiger partial charge is 0.134 e. The zero-order valence-corrected chi connectivity index (χ0v) is 12.9. The largest absolute Gasteiger partial charge is 0.506 e. The van der Waals surface area contributed by atoms with Crippen LogP contribution >= 0.6 is 15.9 Å². The van der Waals surface area contributed by atoms with Gasteiger partial charge in [-0.15, -0.1) is 0 Å². The molecule has 0 unspecified atom stereocenters. The van der Waals surface area contributed by atoms with E-state index in [-0.39, 0.29) is 0 Å². The lowest BCUT2D eigenvalue weighted by molar-refractivity contribution is 0.0688. The first-order chi connectivity index (χ1) is 9.25. The second-order valence-electron chi connectivity index (χ2n) is 4.24. The van der Waals surface area contributed by atoms with Gasteiger partial charge in [-0.25, -0.2) is 0 Å². The van der Waals surface area contributed by atoms with Crippen LogP contribution in [0.3, 0.4) is 0 Å². The maximum atomic E-state index is 9.80. The third kappa shape index (κ3) is 6.92. The molecule has 1 aromatic rings. The van der Waals surface area contributed by atoms with E-state index in [2.05, 4.69) is 21.2 Å². The maximum absolute atomic E-state index is 9.80. The number of benzene rings is 1.